The molecule has 0 N–H and O–H groups in total. The lowest BCUT2D eigenvalue weighted by Crippen LogP contribution is -1.85. The molecule has 12 heterocycles. The van der Waals surface area contributed by atoms with Gasteiger partial charge in [0.05, 0.1) is 19.5 Å². The Labute approximate surface area is 626 Å². The average Bonchev–Trinajstić information content (AvgIpc) is 1.65. The van der Waals surface area contributed by atoms with Crippen molar-refractivity contribution in [2.45, 2.75) is 234 Å². The molecule has 98 heavy (non-hydrogen) atoms. The van der Waals surface area contributed by atoms with Crippen molar-refractivity contribution in [1.29, 1.82) is 0 Å². The van der Waals surface area contributed by atoms with Crippen LogP contribution in [0, 0.1) is 0 Å². The van der Waals surface area contributed by atoms with Crippen molar-refractivity contribution >= 4 is 126 Å². The molecular weight excluding hydrogens is 1390 g/mol. The molecule has 12 aromatic rings. The van der Waals surface area contributed by atoms with Gasteiger partial charge >= 0.3 is 0 Å². The first-order valence-corrected chi connectivity index (χ1v) is 45.4. The second-order valence-electron chi connectivity index (χ2n) is 26.6. The van der Waals surface area contributed by atoms with Gasteiger partial charge in [-0.05, 0) is 233 Å². The van der Waals surface area contributed by atoms with E-state index in [1.165, 1.54) is 274 Å². The van der Waals surface area contributed by atoms with Crippen molar-refractivity contribution in [2.24, 2.45) is 0 Å². The Morgan fingerprint density at radius 1 is 0.224 bits per heavy atom. The maximum atomic E-state index is 6.69. The van der Waals surface area contributed by atoms with E-state index in [0.29, 0.717) is 0 Å². The number of hydrogen-bond donors (Lipinski definition) is 0. The zero-order chi connectivity index (χ0) is 67.4. The molecule has 0 amide bonds. The third-order valence-corrected chi connectivity index (χ3v) is 31.2. The van der Waals surface area contributed by atoms with Gasteiger partial charge in [0.25, 0.3) is 0 Å². The normalized spacial score (nSPS) is 11.9. The van der Waals surface area contributed by atoms with Gasteiger partial charge in [0.1, 0.15) is 23.0 Å². The lowest BCUT2D eigenvalue weighted by molar-refractivity contribution is 0.600. The van der Waals surface area contributed by atoms with Crippen molar-refractivity contribution in [2.75, 3.05) is 0 Å². The summed E-state index contributed by atoms with van der Waals surface area (Å²) in [7, 11) is 0. The fourth-order valence-corrected chi connectivity index (χ4v) is 24.6. The highest BCUT2D eigenvalue weighted by molar-refractivity contribution is 7.30. The fraction of sp³-hybridized carbons (Fsp3) is 0.419. The lowest BCUT2D eigenvalue weighted by Gasteiger charge is -2.02. The van der Waals surface area contributed by atoms with Crippen LogP contribution in [0.5, 0.6) is 0 Å². The van der Waals surface area contributed by atoms with Crippen LogP contribution >= 0.6 is 113 Å². The summed E-state index contributed by atoms with van der Waals surface area (Å²) < 4.78 is 13.4. The number of hydrogen-bond acceptors (Lipinski definition) is 12. The molecule has 0 spiro atoms. The largest absolute Gasteiger partial charge is 0.454 e. The van der Waals surface area contributed by atoms with Crippen LogP contribution in [0.1, 0.15) is 237 Å². The molecule has 0 aliphatic rings. The predicted octanol–water partition coefficient (Wildman–Crippen LogP) is 33.1. The Bertz CT molecular complexity index is 4090. The Morgan fingerprint density at radius 3 is 0.806 bits per heavy atom. The van der Waals surface area contributed by atoms with Crippen molar-refractivity contribution in [3.8, 4) is 101 Å². The zero-order valence-corrected chi connectivity index (χ0v) is 67.0. The van der Waals surface area contributed by atoms with Gasteiger partial charge < -0.3 is 8.83 Å². The van der Waals surface area contributed by atoms with E-state index in [2.05, 4.69) is 175 Å². The highest BCUT2D eigenvalue weighted by atomic mass is 32.1. The minimum absolute atomic E-state index is 0.987. The van der Waals surface area contributed by atoms with Crippen molar-refractivity contribution in [3.05, 3.63) is 163 Å². The van der Waals surface area contributed by atoms with Crippen LogP contribution < -0.4 is 0 Å². The predicted molar refractivity (Wildman–Crippen MR) is 447 cm³/mol. The molecule has 0 atom stereocenters. The Hall–Kier alpha value is -4.70. The van der Waals surface area contributed by atoms with Crippen LogP contribution in [-0.4, -0.2) is 0 Å². The van der Waals surface area contributed by atoms with Gasteiger partial charge in [0.15, 0.2) is 0 Å². The molecule has 0 bridgehead atoms. The second-order valence-corrected chi connectivity index (χ2v) is 37.6. The van der Waals surface area contributed by atoms with E-state index in [4.69, 9.17) is 8.83 Å². The van der Waals surface area contributed by atoms with Gasteiger partial charge in [0, 0.05) is 78.0 Å². The summed E-state index contributed by atoms with van der Waals surface area (Å²) in [6.07, 6.45) is 42.1. The molecule has 0 radical (unpaired) electrons. The standard InChI is InChI=1S/C86H100O2S10/c1-7-13-19-25-31-59-55-65(91-83(59)77-51-47-73(93-77)75-49-53-79(95-75)85-61(33-27-21-15-9-3)57-81(97-85)69-43-41-67(87-69)71-45-39-63(89-71)35-29-23-17-11-5)37-38-66-56-60(32-26-20-14-8-2)84(92-66)78-52-48-74(94-78)76-50-54-80(96-76)86-62(34-28-22-16-10-4)58-82(98-86)70-44-42-68(88-70)72-46-40-64(90-72)36-30-24-18-12-6/h37-58H,7-36H2,1-6H3/b38-37+. The summed E-state index contributed by atoms with van der Waals surface area (Å²) in [5.74, 6) is 3.95. The van der Waals surface area contributed by atoms with E-state index in [-0.39, 0.29) is 0 Å². The molecule has 0 fully saturated rings. The summed E-state index contributed by atoms with van der Waals surface area (Å²) in [5, 5.41) is 0. The number of furan rings is 2. The lowest BCUT2D eigenvalue weighted by atomic mass is 10.1. The number of rotatable bonds is 42. The minimum Gasteiger partial charge on any atom is -0.454 e. The Balaban J connectivity index is 0.762. The summed E-state index contributed by atoms with van der Waals surface area (Å²) in [6, 6.07) is 47.0. The van der Waals surface area contributed by atoms with Gasteiger partial charge in [-0.3, -0.25) is 0 Å². The highest BCUT2D eigenvalue weighted by Gasteiger charge is 2.23. The van der Waals surface area contributed by atoms with Gasteiger partial charge in [0.2, 0.25) is 0 Å². The van der Waals surface area contributed by atoms with Gasteiger partial charge in [-0.25, -0.2) is 0 Å². The van der Waals surface area contributed by atoms with Crippen LogP contribution in [-0.2, 0) is 38.5 Å². The van der Waals surface area contributed by atoms with E-state index >= 15 is 0 Å². The van der Waals surface area contributed by atoms with Crippen molar-refractivity contribution in [1.82, 2.24) is 0 Å². The SMILES string of the molecule is CCCCCCc1ccc(-c2ccc(-c3cc(CCCCCC)c(-c4ccc(-c5ccc(-c6sc(/C=C/c7cc(CCCCCC)c(-c8ccc(-c9ccc(-c%10sc(-c%11ccc(-c%12ccc(CCCCCC)s%12)o%11)cc%10CCCCCC)s9)s8)s7)cc6CCCCCC)s5)s4)s3)o2)s1. The van der Waals surface area contributed by atoms with Crippen molar-refractivity contribution in [3.63, 3.8) is 0 Å². The molecule has 12 aromatic heterocycles. The molecule has 0 saturated carbocycles. The summed E-state index contributed by atoms with van der Waals surface area (Å²) in [4.78, 5) is 27.3. The molecule has 0 unspecified atom stereocenters. The van der Waals surface area contributed by atoms with Crippen LogP contribution in [0.3, 0.4) is 0 Å². The number of unbranched alkanes of at least 4 members (excludes halogenated alkanes) is 18. The Kier molecular flexibility index (Phi) is 27.9. The number of thiophene rings is 10. The zero-order valence-electron chi connectivity index (χ0n) is 58.8. The third-order valence-electron chi connectivity index (χ3n) is 18.7. The summed E-state index contributed by atoms with van der Waals surface area (Å²) in [6.45, 7) is 13.8. The van der Waals surface area contributed by atoms with E-state index < -0.39 is 0 Å². The van der Waals surface area contributed by atoms with Gasteiger partial charge in [-0.2, -0.15) is 0 Å². The fourth-order valence-electron chi connectivity index (χ4n) is 13.2. The van der Waals surface area contributed by atoms with E-state index in [9.17, 15) is 0 Å². The highest BCUT2D eigenvalue weighted by Crippen LogP contribution is 2.51. The quantitative estimate of drug-likeness (QED) is 0.0357. The molecule has 0 aromatic carbocycles. The third kappa shape index (κ3) is 19.3. The van der Waals surface area contributed by atoms with Gasteiger partial charge in [-0.15, -0.1) is 113 Å². The Morgan fingerprint density at radius 2 is 0.490 bits per heavy atom. The van der Waals surface area contributed by atoms with E-state index in [1.807, 2.05) is 113 Å². The van der Waals surface area contributed by atoms with Crippen LogP contribution in [0.4, 0.5) is 0 Å². The van der Waals surface area contributed by atoms with E-state index in [1.54, 1.807) is 0 Å². The van der Waals surface area contributed by atoms with Crippen LogP contribution in [0.15, 0.2) is 130 Å². The first-order valence-electron chi connectivity index (χ1n) is 37.3. The monoisotopic (exact) mass is 1480 g/mol. The van der Waals surface area contributed by atoms with E-state index in [0.717, 1.165) is 61.6 Å². The number of aryl methyl sites for hydroxylation is 6. The first-order chi connectivity index (χ1) is 48.3. The smallest absolute Gasteiger partial charge is 0.144 e. The van der Waals surface area contributed by atoms with Crippen molar-refractivity contribution < 1.29 is 8.83 Å². The second kappa shape index (κ2) is 37.5. The molecule has 12 heteroatoms. The molecular formula is C86H100O2S10. The summed E-state index contributed by atoms with van der Waals surface area (Å²) in [5.41, 5.74) is 5.93. The van der Waals surface area contributed by atoms with Crippen LogP contribution in [0.2, 0.25) is 0 Å². The maximum absolute atomic E-state index is 6.69. The first kappa shape index (κ1) is 73.1. The molecule has 12 rings (SSSR count). The molecule has 516 valence electrons. The summed E-state index contributed by atoms with van der Waals surface area (Å²) >= 11 is 19.5. The van der Waals surface area contributed by atoms with Crippen LogP contribution in [0.25, 0.3) is 113 Å². The molecule has 0 saturated heterocycles. The minimum atomic E-state index is 0.987. The topological polar surface area (TPSA) is 26.3 Å². The molecule has 2 nitrogen and oxygen atoms in total. The average molecular weight is 1490 g/mol. The van der Waals surface area contributed by atoms with Gasteiger partial charge in [-0.1, -0.05) is 157 Å². The maximum Gasteiger partial charge on any atom is 0.144 e. The molecule has 0 aliphatic carbocycles. The molecule has 0 aliphatic heterocycles.